The summed E-state index contributed by atoms with van der Waals surface area (Å²) in [5.41, 5.74) is 5.48. The van der Waals surface area contributed by atoms with Crippen LogP contribution in [0.3, 0.4) is 0 Å². The molecule has 1 rings (SSSR count). The van der Waals surface area contributed by atoms with Gasteiger partial charge in [0.2, 0.25) is 0 Å². The maximum absolute atomic E-state index is 12.7. The van der Waals surface area contributed by atoms with Crippen molar-refractivity contribution < 1.29 is 13.9 Å². The Morgan fingerprint density at radius 2 is 2.31 bits per heavy atom. The van der Waals surface area contributed by atoms with Gasteiger partial charge in [0, 0.05) is 6.07 Å². The molecule has 0 saturated heterocycles. The molecule has 0 spiro atoms. The smallest absolute Gasteiger partial charge is 0.180 e. The summed E-state index contributed by atoms with van der Waals surface area (Å²) in [4.78, 5) is 11.2. The highest BCUT2D eigenvalue weighted by Gasteiger charge is 2.10. The molecule has 0 atom stereocenters. The molecule has 0 bridgehead atoms. The molecule has 0 aliphatic carbocycles. The molecule has 2 N–H and O–H groups in total. The second-order valence-electron chi connectivity index (χ2n) is 2.47. The van der Waals surface area contributed by atoms with Crippen LogP contribution in [0.25, 0.3) is 0 Å². The zero-order chi connectivity index (χ0) is 9.84. The third-order valence-electron chi connectivity index (χ3n) is 1.65. The summed E-state index contributed by atoms with van der Waals surface area (Å²) in [6.07, 6.45) is 0. The van der Waals surface area contributed by atoms with Gasteiger partial charge in [-0.25, -0.2) is 4.39 Å². The van der Waals surface area contributed by atoms with E-state index in [-0.39, 0.29) is 18.1 Å². The van der Waals surface area contributed by atoms with Gasteiger partial charge in [0.15, 0.2) is 5.78 Å². The van der Waals surface area contributed by atoms with E-state index in [1.165, 1.54) is 19.2 Å². The van der Waals surface area contributed by atoms with Crippen LogP contribution in [-0.2, 0) is 0 Å². The highest BCUT2D eigenvalue weighted by Crippen LogP contribution is 2.19. The Morgan fingerprint density at radius 3 is 2.85 bits per heavy atom. The van der Waals surface area contributed by atoms with Crippen molar-refractivity contribution in [3.63, 3.8) is 0 Å². The number of hydrogen-bond donors (Lipinski definition) is 1. The quantitative estimate of drug-likeness (QED) is 0.710. The molecule has 1 aromatic carbocycles. The number of halogens is 1. The van der Waals surface area contributed by atoms with Gasteiger partial charge < -0.3 is 10.5 Å². The summed E-state index contributed by atoms with van der Waals surface area (Å²) in [6, 6.07) is 3.72. The Morgan fingerprint density at radius 1 is 1.62 bits per heavy atom. The first-order valence-electron chi connectivity index (χ1n) is 3.76. The fourth-order valence-corrected chi connectivity index (χ4v) is 1.01. The van der Waals surface area contributed by atoms with Gasteiger partial charge in [-0.15, -0.1) is 0 Å². The molecule has 13 heavy (non-hydrogen) atoms. The van der Waals surface area contributed by atoms with Crippen LogP contribution in [0.1, 0.15) is 10.4 Å². The minimum atomic E-state index is -0.439. The molecule has 0 heterocycles. The van der Waals surface area contributed by atoms with Gasteiger partial charge in [-0.3, -0.25) is 4.79 Å². The van der Waals surface area contributed by atoms with Crippen LogP contribution in [0.15, 0.2) is 18.2 Å². The van der Waals surface area contributed by atoms with Crippen molar-refractivity contribution in [2.75, 3.05) is 13.7 Å². The van der Waals surface area contributed by atoms with Gasteiger partial charge >= 0.3 is 0 Å². The van der Waals surface area contributed by atoms with Gasteiger partial charge in [-0.1, -0.05) is 0 Å². The minimum Gasteiger partial charge on any atom is -0.496 e. The number of rotatable bonds is 3. The second kappa shape index (κ2) is 4.00. The molecule has 1 aromatic rings. The van der Waals surface area contributed by atoms with E-state index >= 15 is 0 Å². The molecule has 0 aliphatic rings. The zero-order valence-electron chi connectivity index (χ0n) is 7.21. The van der Waals surface area contributed by atoms with E-state index in [9.17, 15) is 9.18 Å². The third-order valence-corrected chi connectivity index (χ3v) is 1.65. The van der Waals surface area contributed by atoms with Crippen LogP contribution in [0.5, 0.6) is 5.75 Å². The number of carbonyl (C=O) groups is 1. The average Bonchev–Trinajstić information content (AvgIpc) is 2.16. The second-order valence-corrected chi connectivity index (χ2v) is 2.47. The number of nitrogens with two attached hydrogens (primary N) is 1. The maximum Gasteiger partial charge on any atom is 0.180 e. The fourth-order valence-electron chi connectivity index (χ4n) is 1.01. The third kappa shape index (κ3) is 2.03. The van der Waals surface area contributed by atoms with E-state index in [4.69, 9.17) is 10.5 Å². The molecular weight excluding hydrogens is 173 g/mol. The van der Waals surface area contributed by atoms with E-state index in [1.807, 2.05) is 0 Å². The van der Waals surface area contributed by atoms with Gasteiger partial charge in [0.25, 0.3) is 0 Å². The molecule has 0 aromatic heterocycles. The van der Waals surface area contributed by atoms with E-state index < -0.39 is 5.82 Å². The van der Waals surface area contributed by atoms with Crippen LogP contribution in [-0.4, -0.2) is 19.4 Å². The molecule has 0 amide bonds. The van der Waals surface area contributed by atoms with Crippen molar-refractivity contribution in [3.05, 3.63) is 29.6 Å². The highest BCUT2D eigenvalue weighted by molar-refractivity contribution is 5.99. The summed E-state index contributed by atoms with van der Waals surface area (Å²) in [7, 11) is 1.38. The van der Waals surface area contributed by atoms with Gasteiger partial charge in [0.1, 0.15) is 11.6 Å². The van der Waals surface area contributed by atoms with Crippen molar-refractivity contribution in [1.82, 2.24) is 0 Å². The van der Waals surface area contributed by atoms with Crippen LogP contribution in [0.2, 0.25) is 0 Å². The van der Waals surface area contributed by atoms with Crippen LogP contribution < -0.4 is 10.5 Å². The Hall–Kier alpha value is -1.42. The number of methoxy groups -OCH3 is 1. The first kappa shape index (κ1) is 9.67. The molecule has 0 saturated carbocycles. The Balaban J connectivity index is 3.13. The van der Waals surface area contributed by atoms with Gasteiger partial charge in [0.05, 0.1) is 19.2 Å². The lowest BCUT2D eigenvalue weighted by molar-refractivity contribution is 0.0998. The molecule has 70 valence electrons. The predicted molar refractivity (Wildman–Crippen MR) is 46.3 cm³/mol. The van der Waals surface area contributed by atoms with Crippen LogP contribution in [0.4, 0.5) is 4.39 Å². The highest BCUT2D eigenvalue weighted by atomic mass is 19.1. The summed E-state index contributed by atoms with van der Waals surface area (Å²) in [5, 5.41) is 0. The van der Waals surface area contributed by atoms with Crippen molar-refractivity contribution in [3.8, 4) is 5.75 Å². The van der Waals surface area contributed by atoms with E-state index in [1.54, 1.807) is 0 Å². The SMILES string of the molecule is COc1cc(F)ccc1C(=O)CN. The summed E-state index contributed by atoms with van der Waals surface area (Å²) in [5.74, 6) is -0.488. The van der Waals surface area contributed by atoms with E-state index in [2.05, 4.69) is 0 Å². The molecule has 0 unspecified atom stereocenters. The normalized spacial score (nSPS) is 9.77. The molecule has 0 fully saturated rings. The lowest BCUT2D eigenvalue weighted by atomic mass is 10.1. The summed E-state index contributed by atoms with van der Waals surface area (Å²) >= 11 is 0. The summed E-state index contributed by atoms with van der Waals surface area (Å²) in [6.45, 7) is -0.109. The lowest BCUT2D eigenvalue weighted by Gasteiger charge is -2.05. The Labute approximate surface area is 75.3 Å². The lowest BCUT2D eigenvalue weighted by Crippen LogP contribution is -2.14. The minimum absolute atomic E-state index is 0.109. The number of benzene rings is 1. The first-order chi connectivity index (χ1) is 6.19. The Bertz CT molecular complexity index is 325. The molecule has 3 nitrogen and oxygen atoms in total. The number of carbonyl (C=O) groups excluding carboxylic acids is 1. The largest absolute Gasteiger partial charge is 0.496 e. The van der Waals surface area contributed by atoms with Crippen LogP contribution >= 0.6 is 0 Å². The Kier molecular flexibility index (Phi) is 2.97. The van der Waals surface area contributed by atoms with Gasteiger partial charge in [-0.05, 0) is 12.1 Å². The molecule has 4 heteroatoms. The summed E-state index contributed by atoms with van der Waals surface area (Å²) < 4.78 is 17.5. The predicted octanol–water partition coefficient (Wildman–Crippen LogP) is 0.976. The molecule has 0 radical (unpaired) electrons. The monoisotopic (exact) mass is 183 g/mol. The van der Waals surface area contributed by atoms with Crippen molar-refractivity contribution in [2.45, 2.75) is 0 Å². The van der Waals surface area contributed by atoms with E-state index in [0.717, 1.165) is 6.07 Å². The van der Waals surface area contributed by atoms with Crippen molar-refractivity contribution in [2.24, 2.45) is 5.73 Å². The van der Waals surface area contributed by atoms with Crippen molar-refractivity contribution >= 4 is 5.78 Å². The number of hydrogen-bond acceptors (Lipinski definition) is 3. The topological polar surface area (TPSA) is 52.3 Å². The van der Waals surface area contributed by atoms with Gasteiger partial charge in [-0.2, -0.15) is 0 Å². The number of ether oxygens (including phenoxy) is 1. The maximum atomic E-state index is 12.7. The average molecular weight is 183 g/mol. The zero-order valence-corrected chi connectivity index (χ0v) is 7.21. The fraction of sp³-hybridized carbons (Fsp3) is 0.222. The molecular formula is C9H10FNO2. The number of Topliss-reactive ketones (excluding diaryl/α,β-unsaturated/α-hetero) is 1. The van der Waals surface area contributed by atoms with E-state index in [0.29, 0.717) is 5.56 Å². The van der Waals surface area contributed by atoms with Crippen LogP contribution in [0, 0.1) is 5.82 Å². The standard InChI is InChI=1S/C9H10FNO2/c1-13-9-4-6(10)2-3-7(9)8(12)5-11/h2-4H,5,11H2,1H3. The molecule has 0 aliphatic heterocycles. The van der Waals surface area contributed by atoms with Crippen molar-refractivity contribution in [1.29, 1.82) is 0 Å². The number of ketones is 1. The first-order valence-corrected chi connectivity index (χ1v) is 3.76.